The molecule has 154 valence electrons. The molecule has 1 aliphatic rings. The van der Waals surface area contributed by atoms with Crippen molar-refractivity contribution in [2.24, 2.45) is 10.7 Å². The summed E-state index contributed by atoms with van der Waals surface area (Å²) in [5, 5.41) is 0. The first-order valence-electron chi connectivity index (χ1n) is 8.51. The Morgan fingerprint density at radius 1 is 1.20 bits per heavy atom. The number of guanidine groups is 1. The van der Waals surface area contributed by atoms with E-state index in [-0.39, 0.29) is 11.5 Å². The van der Waals surface area contributed by atoms with Crippen molar-refractivity contribution in [3.8, 4) is 11.3 Å². The number of alkyl halides is 3. The lowest BCUT2D eigenvalue weighted by molar-refractivity contribution is -0.141. The Labute approximate surface area is 166 Å². The lowest BCUT2D eigenvalue weighted by Crippen LogP contribution is -2.42. The molecule has 1 aromatic carbocycles. The minimum Gasteiger partial charge on any atom is -0.451 e. The summed E-state index contributed by atoms with van der Waals surface area (Å²) in [7, 11) is 1.29. The van der Waals surface area contributed by atoms with E-state index in [0.29, 0.717) is 11.3 Å². The van der Waals surface area contributed by atoms with Crippen LogP contribution in [-0.2, 0) is 16.5 Å². The molecule has 0 radical (unpaired) electrons. The molecule has 2 N–H and O–H groups in total. The largest absolute Gasteiger partial charge is 0.451 e. The van der Waals surface area contributed by atoms with Crippen LogP contribution in [0.4, 0.5) is 17.6 Å². The second-order valence-electron chi connectivity index (χ2n) is 6.52. The zero-order valence-corrected chi connectivity index (χ0v) is 15.3. The van der Waals surface area contributed by atoms with Crippen molar-refractivity contribution in [3.63, 3.8) is 0 Å². The number of benzene rings is 1. The lowest BCUT2D eigenvalue weighted by atomic mass is 9.84. The molecule has 1 amide bonds. The van der Waals surface area contributed by atoms with Crippen LogP contribution >= 0.6 is 0 Å². The van der Waals surface area contributed by atoms with E-state index in [9.17, 15) is 22.4 Å². The standard InChI is InChI=1S/C19H13F4N5O2/c1-28-16(29)18(27-17(28)24,14-3-2-4-15(26-14)19(21,22)23)11-7-10(5-6-12(11)20)13-8-30-9-25-13/h2-9H,1H3,(H2,24,27). The molecule has 0 saturated carbocycles. The molecule has 3 aromatic rings. The fraction of sp³-hybridized carbons (Fsp3) is 0.158. The molecule has 0 fully saturated rings. The van der Waals surface area contributed by atoms with E-state index in [1.165, 1.54) is 31.5 Å². The maximum absolute atomic E-state index is 15.0. The van der Waals surface area contributed by atoms with Crippen LogP contribution in [0.5, 0.6) is 0 Å². The van der Waals surface area contributed by atoms with E-state index < -0.39 is 34.8 Å². The first kappa shape index (κ1) is 19.6. The van der Waals surface area contributed by atoms with Gasteiger partial charge in [-0.3, -0.25) is 9.69 Å². The molecule has 1 aliphatic heterocycles. The van der Waals surface area contributed by atoms with Gasteiger partial charge in [-0.25, -0.2) is 19.4 Å². The van der Waals surface area contributed by atoms with Crippen LogP contribution < -0.4 is 5.73 Å². The van der Waals surface area contributed by atoms with Crippen molar-refractivity contribution in [1.82, 2.24) is 14.9 Å². The molecule has 3 heterocycles. The third-order valence-corrected chi connectivity index (χ3v) is 4.73. The van der Waals surface area contributed by atoms with Gasteiger partial charge >= 0.3 is 6.18 Å². The summed E-state index contributed by atoms with van der Waals surface area (Å²) in [6.45, 7) is 0. The van der Waals surface area contributed by atoms with Gasteiger partial charge in [-0.2, -0.15) is 13.2 Å². The van der Waals surface area contributed by atoms with Gasteiger partial charge in [0, 0.05) is 18.2 Å². The number of amides is 1. The quantitative estimate of drug-likeness (QED) is 0.659. The summed E-state index contributed by atoms with van der Waals surface area (Å²) >= 11 is 0. The van der Waals surface area contributed by atoms with Crippen LogP contribution in [0.1, 0.15) is 17.0 Å². The number of nitrogens with zero attached hydrogens (tertiary/aromatic N) is 4. The number of hydrogen-bond acceptors (Lipinski definition) is 6. The predicted octanol–water partition coefficient (Wildman–Crippen LogP) is 2.92. The Morgan fingerprint density at radius 2 is 1.97 bits per heavy atom. The highest BCUT2D eigenvalue weighted by atomic mass is 19.4. The minimum atomic E-state index is -4.78. The van der Waals surface area contributed by atoms with Gasteiger partial charge < -0.3 is 10.2 Å². The van der Waals surface area contributed by atoms with Gasteiger partial charge in [0.15, 0.2) is 12.4 Å². The third kappa shape index (κ3) is 2.90. The summed E-state index contributed by atoms with van der Waals surface area (Å²) in [5.74, 6) is -2.00. The number of oxazole rings is 1. The number of nitrogens with two attached hydrogens (primary N) is 1. The monoisotopic (exact) mass is 419 g/mol. The Hall–Kier alpha value is -3.76. The fourth-order valence-electron chi connectivity index (χ4n) is 3.23. The number of rotatable bonds is 3. The highest BCUT2D eigenvalue weighted by Gasteiger charge is 2.53. The second kappa shape index (κ2) is 6.65. The Balaban J connectivity index is 2.01. The molecule has 0 aliphatic carbocycles. The molecule has 0 saturated heterocycles. The van der Waals surface area contributed by atoms with Crippen LogP contribution in [0, 0.1) is 5.82 Å². The van der Waals surface area contributed by atoms with Crippen LogP contribution in [0.2, 0.25) is 0 Å². The van der Waals surface area contributed by atoms with Crippen LogP contribution in [-0.4, -0.2) is 33.8 Å². The van der Waals surface area contributed by atoms with Crippen LogP contribution in [0.3, 0.4) is 0 Å². The third-order valence-electron chi connectivity index (χ3n) is 4.73. The van der Waals surface area contributed by atoms with Crippen LogP contribution in [0.15, 0.2) is 58.5 Å². The van der Waals surface area contributed by atoms with E-state index in [2.05, 4.69) is 15.0 Å². The molecule has 1 unspecified atom stereocenters. The first-order valence-corrected chi connectivity index (χ1v) is 8.51. The van der Waals surface area contributed by atoms with Crippen molar-refractivity contribution in [1.29, 1.82) is 0 Å². The Morgan fingerprint density at radius 3 is 2.57 bits per heavy atom. The number of likely N-dealkylation sites (N-methyl/N-ethyl adjacent to an activating group) is 1. The van der Waals surface area contributed by atoms with Crippen molar-refractivity contribution in [2.75, 3.05) is 7.05 Å². The van der Waals surface area contributed by atoms with Gasteiger partial charge in [0.25, 0.3) is 5.91 Å². The smallest absolute Gasteiger partial charge is 0.433 e. The van der Waals surface area contributed by atoms with Gasteiger partial charge in [-0.05, 0) is 30.3 Å². The average molecular weight is 419 g/mol. The van der Waals surface area contributed by atoms with E-state index in [1.54, 1.807) is 0 Å². The Kier molecular flexibility index (Phi) is 4.33. The highest BCUT2D eigenvalue weighted by Crippen LogP contribution is 2.41. The normalized spacial score (nSPS) is 19.3. The molecule has 0 bridgehead atoms. The molecule has 30 heavy (non-hydrogen) atoms. The molecular weight excluding hydrogens is 406 g/mol. The highest BCUT2D eigenvalue weighted by molar-refractivity contribution is 6.08. The van der Waals surface area contributed by atoms with Crippen molar-refractivity contribution in [3.05, 3.63) is 71.8 Å². The SMILES string of the molecule is CN1C(=O)C(c2cccc(C(F)(F)F)n2)(c2cc(-c3cocn3)ccc2F)N=C1N. The first-order chi connectivity index (χ1) is 14.1. The molecule has 2 aromatic heterocycles. The van der Waals surface area contributed by atoms with E-state index >= 15 is 0 Å². The van der Waals surface area contributed by atoms with Crippen molar-refractivity contribution < 1.29 is 26.8 Å². The molecule has 0 spiro atoms. The summed E-state index contributed by atoms with van der Waals surface area (Å²) in [4.78, 5) is 25.7. The number of pyridine rings is 1. The fourth-order valence-corrected chi connectivity index (χ4v) is 3.23. The van der Waals surface area contributed by atoms with E-state index in [1.807, 2.05) is 0 Å². The number of carbonyl (C=O) groups excluding carboxylic acids is 1. The number of carbonyl (C=O) groups is 1. The van der Waals surface area contributed by atoms with Crippen LogP contribution in [0.25, 0.3) is 11.3 Å². The van der Waals surface area contributed by atoms with Gasteiger partial charge in [0.1, 0.15) is 23.5 Å². The van der Waals surface area contributed by atoms with E-state index in [0.717, 1.165) is 29.5 Å². The minimum absolute atomic E-state index is 0.287. The van der Waals surface area contributed by atoms with Gasteiger partial charge in [0.05, 0.1) is 5.69 Å². The van der Waals surface area contributed by atoms with Gasteiger partial charge in [0.2, 0.25) is 5.54 Å². The molecular formula is C19H13F4N5O2. The number of hydrogen-bond donors (Lipinski definition) is 1. The average Bonchev–Trinajstić information content (AvgIpc) is 3.32. The van der Waals surface area contributed by atoms with Crippen molar-refractivity contribution in [2.45, 2.75) is 11.7 Å². The number of aromatic nitrogens is 2. The second-order valence-corrected chi connectivity index (χ2v) is 6.52. The topological polar surface area (TPSA) is 97.6 Å². The Bertz CT molecular complexity index is 1160. The predicted molar refractivity (Wildman–Crippen MR) is 96.3 cm³/mol. The van der Waals surface area contributed by atoms with E-state index in [4.69, 9.17) is 10.2 Å². The zero-order chi connectivity index (χ0) is 21.7. The van der Waals surface area contributed by atoms with Gasteiger partial charge in [-0.1, -0.05) is 6.07 Å². The molecule has 4 rings (SSSR count). The van der Waals surface area contributed by atoms with Gasteiger partial charge in [-0.15, -0.1) is 0 Å². The molecule has 7 nitrogen and oxygen atoms in total. The maximum atomic E-state index is 15.0. The summed E-state index contributed by atoms with van der Waals surface area (Å²) in [6, 6.07) is 6.71. The number of halogens is 4. The molecule has 11 heteroatoms. The number of aliphatic imine (C=N–C) groups is 1. The van der Waals surface area contributed by atoms with Crippen molar-refractivity contribution >= 4 is 11.9 Å². The lowest BCUT2D eigenvalue weighted by Gasteiger charge is -2.26. The summed E-state index contributed by atoms with van der Waals surface area (Å²) in [5.41, 5.74) is 2.27. The zero-order valence-electron chi connectivity index (χ0n) is 15.3. The summed E-state index contributed by atoms with van der Waals surface area (Å²) < 4.78 is 59.7. The maximum Gasteiger partial charge on any atom is 0.433 e. The molecule has 1 atom stereocenters. The summed E-state index contributed by atoms with van der Waals surface area (Å²) in [6.07, 6.45) is -2.32.